The first-order valence-electron chi connectivity index (χ1n) is 9.50. The zero-order valence-electron chi connectivity index (χ0n) is 16.0. The molecule has 0 aromatic heterocycles. The molecule has 0 aliphatic carbocycles. The van der Waals surface area contributed by atoms with E-state index in [1.54, 1.807) is 6.08 Å². The van der Waals surface area contributed by atoms with Gasteiger partial charge in [-0.05, 0) is 37.0 Å². The Labute approximate surface area is 167 Å². The Kier molecular flexibility index (Phi) is 6.65. The predicted molar refractivity (Wildman–Crippen MR) is 112 cm³/mol. The van der Waals surface area contributed by atoms with Crippen molar-refractivity contribution in [1.82, 2.24) is 9.62 Å². The number of piperidine rings is 1. The largest absolute Gasteiger partial charge is 0.352 e. The molecular weight excluding hydrogens is 372 g/mol. The highest BCUT2D eigenvalue weighted by Gasteiger charge is 2.29. The summed E-state index contributed by atoms with van der Waals surface area (Å²) in [7, 11) is -3.47. The van der Waals surface area contributed by atoms with E-state index in [1.807, 2.05) is 61.5 Å². The molecule has 0 unspecified atom stereocenters. The molecule has 5 nitrogen and oxygen atoms in total. The molecule has 0 atom stereocenters. The van der Waals surface area contributed by atoms with Gasteiger partial charge in [0.2, 0.25) is 15.9 Å². The second kappa shape index (κ2) is 9.17. The number of carbonyl (C=O) groups excluding carboxylic acids is 1. The summed E-state index contributed by atoms with van der Waals surface area (Å²) >= 11 is 0. The fourth-order valence-corrected chi connectivity index (χ4v) is 4.45. The summed E-state index contributed by atoms with van der Waals surface area (Å²) in [4.78, 5) is 12.4. The molecule has 1 aliphatic rings. The first-order chi connectivity index (χ1) is 13.4. The molecule has 0 spiro atoms. The van der Waals surface area contributed by atoms with Gasteiger partial charge in [-0.25, -0.2) is 8.42 Å². The minimum Gasteiger partial charge on any atom is -0.352 e. The molecule has 1 amide bonds. The van der Waals surface area contributed by atoms with Crippen molar-refractivity contribution in [3.8, 4) is 0 Å². The van der Waals surface area contributed by atoms with E-state index >= 15 is 0 Å². The number of benzene rings is 2. The van der Waals surface area contributed by atoms with Crippen LogP contribution in [0, 0.1) is 12.8 Å². The second-order valence-corrected chi connectivity index (χ2v) is 8.95. The van der Waals surface area contributed by atoms with E-state index < -0.39 is 10.0 Å². The summed E-state index contributed by atoms with van der Waals surface area (Å²) in [6, 6.07) is 17.4. The van der Waals surface area contributed by atoms with Crippen LogP contribution in [0.25, 0.3) is 6.08 Å². The summed E-state index contributed by atoms with van der Waals surface area (Å²) in [5.41, 5.74) is 3.09. The lowest BCUT2D eigenvalue weighted by molar-refractivity contribution is -0.126. The monoisotopic (exact) mass is 398 g/mol. The Hall–Kier alpha value is -2.44. The standard InChI is InChI=1S/C22H26N2O3S/c1-18-7-9-20(10-8-18)17-23-22(25)21-11-14-24(15-12-21)28(26,27)16-13-19-5-3-2-4-6-19/h2-10,13,16,21H,11-12,14-15,17H2,1H3,(H,23,25)/b16-13+. The molecule has 3 rings (SSSR count). The van der Waals surface area contributed by atoms with Gasteiger partial charge >= 0.3 is 0 Å². The summed E-state index contributed by atoms with van der Waals surface area (Å²) in [5.74, 6) is -0.146. The third-order valence-electron chi connectivity index (χ3n) is 5.00. The number of rotatable bonds is 6. The van der Waals surface area contributed by atoms with E-state index in [2.05, 4.69) is 5.32 Å². The lowest BCUT2D eigenvalue weighted by atomic mass is 9.97. The summed E-state index contributed by atoms with van der Waals surface area (Å²) in [5, 5.41) is 4.22. The first kappa shape index (κ1) is 20.3. The molecule has 1 N–H and O–H groups in total. The first-order valence-corrected chi connectivity index (χ1v) is 11.0. The van der Waals surface area contributed by atoms with Crippen molar-refractivity contribution in [2.24, 2.45) is 5.92 Å². The van der Waals surface area contributed by atoms with E-state index in [4.69, 9.17) is 0 Å². The van der Waals surface area contributed by atoms with Crippen LogP contribution in [0.5, 0.6) is 0 Å². The lowest BCUT2D eigenvalue weighted by Crippen LogP contribution is -2.42. The van der Waals surface area contributed by atoms with Crippen LogP contribution in [0.1, 0.15) is 29.5 Å². The quantitative estimate of drug-likeness (QED) is 0.812. The summed E-state index contributed by atoms with van der Waals surface area (Å²) in [6.45, 7) is 3.25. The number of hydrogen-bond donors (Lipinski definition) is 1. The minimum absolute atomic E-state index is 0.00236. The maximum Gasteiger partial charge on any atom is 0.236 e. The van der Waals surface area contributed by atoms with Gasteiger partial charge in [0.15, 0.2) is 0 Å². The van der Waals surface area contributed by atoms with Crippen LogP contribution in [-0.2, 0) is 21.4 Å². The molecule has 0 bridgehead atoms. The molecule has 6 heteroatoms. The zero-order valence-corrected chi connectivity index (χ0v) is 16.9. The Bertz CT molecular complexity index is 914. The van der Waals surface area contributed by atoms with Crippen molar-refractivity contribution in [2.75, 3.05) is 13.1 Å². The van der Waals surface area contributed by atoms with Gasteiger partial charge in [0.25, 0.3) is 0 Å². The van der Waals surface area contributed by atoms with Gasteiger partial charge in [-0.1, -0.05) is 60.2 Å². The Balaban J connectivity index is 1.49. The molecule has 1 heterocycles. The summed E-state index contributed by atoms with van der Waals surface area (Å²) in [6.07, 6.45) is 2.69. The van der Waals surface area contributed by atoms with Gasteiger partial charge in [0.05, 0.1) is 0 Å². The second-order valence-electron chi connectivity index (χ2n) is 7.14. The minimum atomic E-state index is -3.47. The number of aryl methyl sites for hydroxylation is 1. The molecule has 1 aliphatic heterocycles. The molecular formula is C22H26N2O3S. The van der Waals surface area contributed by atoms with Crippen LogP contribution in [0.4, 0.5) is 0 Å². The van der Waals surface area contributed by atoms with Gasteiger partial charge in [-0.15, -0.1) is 0 Å². The van der Waals surface area contributed by atoms with Crippen molar-refractivity contribution < 1.29 is 13.2 Å². The number of nitrogens with one attached hydrogen (secondary N) is 1. The Morgan fingerprint density at radius 2 is 1.71 bits per heavy atom. The SMILES string of the molecule is Cc1ccc(CNC(=O)C2CCN(S(=O)(=O)/C=C/c3ccccc3)CC2)cc1. The van der Waals surface area contributed by atoms with Crippen LogP contribution in [0.15, 0.2) is 60.0 Å². The van der Waals surface area contributed by atoms with Gasteiger partial charge in [0, 0.05) is 31.0 Å². The van der Waals surface area contributed by atoms with Crippen molar-refractivity contribution in [2.45, 2.75) is 26.3 Å². The topological polar surface area (TPSA) is 66.5 Å². The summed E-state index contributed by atoms with van der Waals surface area (Å²) < 4.78 is 26.5. The predicted octanol–water partition coefficient (Wildman–Crippen LogP) is 3.32. The molecule has 0 saturated carbocycles. The van der Waals surface area contributed by atoms with Gasteiger partial charge < -0.3 is 5.32 Å². The fraction of sp³-hybridized carbons (Fsp3) is 0.318. The van der Waals surface area contributed by atoms with Crippen molar-refractivity contribution >= 4 is 22.0 Å². The van der Waals surface area contributed by atoms with Gasteiger partial charge in [0.1, 0.15) is 0 Å². The third kappa shape index (κ3) is 5.53. The average molecular weight is 399 g/mol. The van der Waals surface area contributed by atoms with E-state index in [-0.39, 0.29) is 11.8 Å². The van der Waals surface area contributed by atoms with E-state index in [1.165, 1.54) is 15.3 Å². The van der Waals surface area contributed by atoms with Crippen LogP contribution in [-0.4, -0.2) is 31.7 Å². The Morgan fingerprint density at radius 3 is 2.36 bits per heavy atom. The lowest BCUT2D eigenvalue weighted by Gasteiger charge is -2.29. The smallest absolute Gasteiger partial charge is 0.236 e. The number of sulfonamides is 1. The van der Waals surface area contributed by atoms with Crippen LogP contribution in [0.3, 0.4) is 0 Å². The van der Waals surface area contributed by atoms with E-state index in [9.17, 15) is 13.2 Å². The fourth-order valence-electron chi connectivity index (χ4n) is 3.23. The molecule has 148 valence electrons. The maximum atomic E-state index is 12.5. The highest BCUT2D eigenvalue weighted by molar-refractivity contribution is 7.92. The maximum absolute atomic E-state index is 12.5. The highest BCUT2D eigenvalue weighted by atomic mass is 32.2. The molecule has 2 aromatic carbocycles. The number of nitrogens with zero attached hydrogens (tertiary/aromatic N) is 1. The molecule has 2 aromatic rings. The van der Waals surface area contributed by atoms with Crippen LogP contribution in [0.2, 0.25) is 0 Å². The zero-order chi connectivity index (χ0) is 20.0. The molecule has 28 heavy (non-hydrogen) atoms. The third-order valence-corrected chi connectivity index (χ3v) is 6.57. The van der Waals surface area contributed by atoms with Gasteiger partial charge in [-0.3, -0.25) is 4.79 Å². The normalized spacial score (nSPS) is 16.3. The average Bonchev–Trinajstić information content (AvgIpc) is 2.72. The van der Waals surface area contributed by atoms with E-state index in [0.29, 0.717) is 32.5 Å². The molecule has 0 radical (unpaired) electrons. The number of hydrogen-bond acceptors (Lipinski definition) is 3. The van der Waals surface area contributed by atoms with Crippen molar-refractivity contribution in [3.63, 3.8) is 0 Å². The van der Waals surface area contributed by atoms with Crippen molar-refractivity contribution in [3.05, 3.63) is 76.7 Å². The van der Waals surface area contributed by atoms with Crippen LogP contribution >= 0.6 is 0 Å². The van der Waals surface area contributed by atoms with E-state index in [0.717, 1.165) is 11.1 Å². The van der Waals surface area contributed by atoms with Crippen molar-refractivity contribution in [1.29, 1.82) is 0 Å². The van der Waals surface area contributed by atoms with Crippen LogP contribution < -0.4 is 5.32 Å². The Morgan fingerprint density at radius 1 is 1.07 bits per heavy atom. The van der Waals surface area contributed by atoms with Gasteiger partial charge in [-0.2, -0.15) is 4.31 Å². The number of carbonyl (C=O) groups is 1. The molecule has 1 fully saturated rings. The highest BCUT2D eigenvalue weighted by Crippen LogP contribution is 2.21. The number of amides is 1. The molecule has 1 saturated heterocycles.